The third kappa shape index (κ3) is 37.4. The first-order chi connectivity index (χ1) is 35.7. The van der Waals surface area contributed by atoms with Crippen LogP contribution in [0.25, 0.3) is 0 Å². The van der Waals surface area contributed by atoms with E-state index >= 15 is 0 Å². The quantitative estimate of drug-likeness (QED) is 0.0320. The highest BCUT2D eigenvalue weighted by Crippen LogP contribution is 2.30. The van der Waals surface area contributed by atoms with Crippen LogP contribution >= 0.6 is 0 Å². The first kappa shape index (κ1) is 68.7. The average Bonchev–Trinajstić information content (AvgIpc) is 3.66. The number of carbonyl (C=O) groups excluding carboxylic acids is 6. The van der Waals surface area contributed by atoms with Gasteiger partial charge in [-0.05, 0) is 78.6 Å². The van der Waals surface area contributed by atoms with Gasteiger partial charge in [0.05, 0.1) is 26.1 Å². The van der Waals surface area contributed by atoms with Crippen molar-refractivity contribution >= 4 is 35.8 Å². The van der Waals surface area contributed by atoms with Crippen LogP contribution in [-0.2, 0) is 61.9 Å². The van der Waals surface area contributed by atoms with E-state index in [4.69, 9.17) is 33.2 Å². The minimum atomic E-state index is -1.39. The zero-order valence-corrected chi connectivity index (χ0v) is 48.2. The number of hydrogen-bond donors (Lipinski definition) is 0. The SMILES string of the molecule is CCCCCC(CCCCC)CCOC(=O)CCCCCCCC(=O)OC1[C@@H](COC(=O)CCN(C)C)O[C@@H](OC(=O)CCN(C)C)[C@H]1OC(=O)CCCCCCCC(=O)OCCC(CCCCC)CCCCC. The number of unbranched alkanes of at least 4 members (excludes halogenated alkanes) is 16. The van der Waals surface area contributed by atoms with E-state index in [0.29, 0.717) is 76.7 Å². The van der Waals surface area contributed by atoms with E-state index in [-0.39, 0.29) is 44.2 Å². The Bertz CT molecular complexity index is 1440. The standard InChI is InChI=1S/C59H108N2O13/c1-9-13-23-31-48(32-24-14-10-2)41-45-68-51(62)35-27-19-17-21-29-37-54(65)72-57-50(47-70-53(64)39-43-60(5)6)71-59(74-56(67)40-44-61(7)8)58(57)73-55(66)38-30-22-18-20-28-36-52(63)69-46-42-49(33-25-15-11-3)34-26-16-12-4/h48-50,57-59H,9-47H2,1-8H3/t50-,57?,58+,59+/m1/s1. The minimum Gasteiger partial charge on any atom is -0.466 e. The fourth-order valence-corrected chi connectivity index (χ4v) is 9.23. The summed E-state index contributed by atoms with van der Waals surface area (Å²) in [6.45, 7) is 10.4. The van der Waals surface area contributed by atoms with Crippen LogP contribution in [-0.4, -0.2) is 131 Å². The van der Waals surface area contributed by atoms with Crippen LogP contribution in [0, 0.1) is 11.8 Å². The number of hydrogen-bond acceptors (Lipinski definition) is 15. The molecule has 1 saturated heterocycles. The molecule has 15 nitrogen and oxygen atoms in total. The molecule has 0 aromatic carbocycles. The Labute approximate surface area is 449 Å². The van der Waals surface area contributed by atoms with Crippen molar-refractivity contribution in [2.24, 2.45) is 11.8 Å². The second-order valence-corrected chi connectivity index (χ2v) is 21.5. The molecule has 1 fully saturated rings. The molecular formula is C59H108N2O13. The first-order valence-electron chi connectivity index (χ1n) is 29.7. The van der Waals surface area contributed by atoms with Gasteiger partial charge in [0.25, 0.3) is 0 Å². The molecular weight excluding hydrogens is 945 g/mol. The zero-order valence-electron chi connectivity index (χ0n) is 48.2. The van der Waals surface area contributed by atoms with Crippen molar-refractivity contribution in [2.45, 2.75) is 271 Å². The molecule has 1 heterocycles. The third-order valence-corrected chi connectivity index (χ3v) is 14.0. The van der Waals surface area contributed by atoms with E-state index in [2.05, 4.69) is 27.7 Å². The fraction of sp³-hybridized carbons (Fsp3) is 0.898. The number of esters is 6. The molecule has 0 bridgehead atoms. The van der Waals surface area contributed by atoms with Gasteiger partial charge >= 0.3 is 35.8 Å². The number of carbonyl (C=O) groups is 6. The average molecular weight is 1050 g/mol. The summed E-state index contributed by atoms with van der Waals surface area (Å²) in [5, 5.41) is 0. The van der Waals surface area contributed by atoms with Crippen molar-refractivity contribution in [1.82, 2.24) is 9.80 Å². The zero-order chi connectivity index (χ0) is 54.6. The van der Waals surface area contributed by atoms with Gasteiger partial charge in [0.2, 0.25) is 12.4 Å². The van der Waals surface area contributed by atoms with Crippen LogP contribution in [0.15, 0.2) is 0 Å². The van der Waals surface area contributed by atoms with Gasteiger partial charge in [0.1, 0.15) is 12.7 Å². The van der Waals surface area contributed by atoms with E-state index in [1.54, 1.807) is 0 Å². The third-order valence-electron chi connectivity index (χ3n) is 14.0. The molecule has 0 radical (unpaired) electrons. The van der Waals surface area contributed by atoms with Crippen molar-refractivity contribution in [3.8, 4) is 0 Å². The second kappa shape index (κ2) is 45.9. The van der Waals surface area contributed by atoms with Gasteiger partial charge in [0, 0.05) is 38.8 Å². The van der Waals surface area contributed by atoms with Crippen molar-refractivity contribution in [1.29, 1.82) is 0 Å². The van der Waals surface area contributed by atoms with Gasteiger partial charge in [-0.25, -0.2) is 0 Å². The predicted molar refractivity (Wildman–Crippen MR) is 291 cm³/mol. The molecule has 15 heteroatoms. The maximum absolute atomic E-state index is 13.4. The molecule has 1 rings (SSSR count). The molecule has 0 spiro atoms. The molecule has 74 heavy (non-hydrogen) atoms. The van der Waals surface area contributed by atoms with Gasteiger partial charge in [-0.1, -0.05) is 169 Å². The Morgan fingerprint density at radius 3 is 1.11 bits per heavy atom. The Morgan fingerprint density at radius 2 is 0.716 bits per heavy atom. The number of nitrogens with zero attached hydrogens (tertiary/aromatic N) is 2. The Morgan fingerprint density at radius 1 is 0.378 bits per heavy atom. The predicted octanol–water partition coefficient (Wildman–Crippen LogP) is 12.4. The lowest BCUT2D eigenvalue weighted by Gasteiger charge is -2.24. The Hall–Kier alpha value is -3.30. The van der Waals surface area contributed by atoms with Crippen LogP contribution in [0.5, 0.6) is 0 Å². The van der Waals surface area contributed by atoms with Gasteiger partial charge < -0.3 is 43.0 Å². The molecule has 0 saturated carbocycles. The number of ether oxygens (including phenoxy) is 7. The summed E-state index contributed by atoms with van der Waals surface area (Å²) >= 11 is 0. The highest BCUT2D eigenvalue weighted by atomic mass is 16.8. The highest BCUT2D eigenvalue weighted by Gasteiger charge is 2.52. The van der Waals surface area contributed by atoms with E-state index in [1.807, 2.05) is 38.0 Å². The van der Waals surface area contributed by atoms with Crippen molar-refractivity contribution in [2.75, 3.05) is 61.1 Å². The summed E-state index contributed by atoms with van der Waals surface area (Å²) in [7, 11) is 7.34. The highest BCUT2D eigenvalue weighted by molar-refractivity contribution is 5.72. The molecule has 1 aliphatic rings. The fourth-order valence-electron chi connectivity index (χ4n) is 9.23. The summed E-state index contributed by atoms with van der Waals surface area (Å²) in [6.07, 6.45) is 24.8. The topological polar surface area (TPSA) is 174 Å². The van der Waals surface area contributed by atoms with Gasteiger partial charge in [-0.15, -0.1) is 0 Å². The van der Waals surface area contributed by atoms with Gasteiger partial charge in [0.15, 0.2) is 6.10 Å². The van der Waals surface area contributed by atoms with Crippen LogP contribution in [0.2, 0.25) is 0 Å². The molecule has 432 valence electrons. The van der Waals surface area contributed by atoms with Crippen molar-refractivity contribution in [3.63, 3.8) is 0 Å². The maximum Gasteiger partial charge on any atom is 0.309 e. The normalized spacial score (nSPS) is 16.5. The lowest BCUT2D eigenvalue weighted by molar-refractivity contribution is -0.200. The monoisotopic (exact) mass is 1050 g/mol. The summed E-state index contributed by atoms with van der Waals surface area (Å²) in [6, 6.07) is 0. The summed E-state index contributed by atoms with van der Waals surface area (Å²) in [5.41, 5.74) is 0. The lowest BCUT2D eigenvalue weighted by atomic mass is 9.92. The van der Waals surface area contributed by atoms with Crippen LogP contribution in [0.3, 0.4) is 0 Å². The van der Waals surface area contributed by atoms with Crippen LogP contribution < -0.4 is 0 Å². The molecule has 1 unspecified atom stereocenters. The second-order valence-electron chi connectivity index (χ2n) is 21.5. The lowest BCUT2D eigenvalue weighted by Crippen LogP contribution is -2.43. The first-order valence-corrected chi connectivity index (χ1v) is 29.7. The van der Waals surface area contributed by atoms with Crippen LogP contribution in [0.1, 0.15) is 246 Å². The molecule has 1 aliphatic heterocycles. The molecule has 4 atom stereocenters. The number of rotatable bonds is 49. The Balaban J connectivity index is 2.77. The molecule has 0 aromatic rings. The van der Waals surface area contributed by atoms with Crippen LogP contribution in [0.4, 0.5) is 0 Å². The van der Waals surface area contributed by atoms with Crippen molar-refractivity contribution < 1.29 is 61.9 Å². The molecule has 0 amide bonds. The van der Waals surface area contributed by atoms with Gasteiger partial charge in [-0.3, -0.25) is 28.8 Å². The van der Waals surface area contributed by atoms with E-state index in [9.17, 15) is 28.8 Å². The molecule has 0 aromatic heterocycles. The summed E-state index contributed by atoms with van der Waals surface area (Å²) < 4.78 is 40.5. The van der Waals surface area contributed by atoms with Gasteiger partial charge in [-0.2, -0.15) is 0 Å². The molecule has 0 N–H and O–H groups in total. The summed E-state index contributed by atoms with van der Waals surface area (Å²) in [5.74, 6) is -1.27. The van der Waals surface area contributed by atoms with E-state index in [1.165, 1.54) is 103 Å². The maximum atomic E-state index is 13.4. The molecule has 0 aliphatic carbocycles. The smallest absolute Gasteiger partial charge is 0.309 e. The van der Waals surface area contributed by atoms with E-state index < -0.39 is 48.5 Å². The van der Waals surface area contributed by atoms with E-state index in [0.717, 1.165) is 51.4 Å². The Kier molecular flexibility index (Phi) is 42.6. The minimum absolute atomic E-state index is 0.0403. The summed E-state index contributed by atoms with van der Waals surface area (Å²) in [4.78, 5) is 81.3. The largest absolute Gasteiger partial charge is 0.466 e. The van der Waals surface area contributed by atoms with Crippen molar-refractivity contribution in [3.05, 3.63) is 0 Å².